The molecule has 0 radical (unpaired) electrons. The van der Waals surface area contributed by atoms with Crippen molar-refractivity contribution in [3.63, 3.8) is 0 Å². The average molecular weight is 445 g/mol. The fraction of sp³-hybridized carbons (Fsp3) is 0.500. The molecule has 0 unspecified atom stereocenters. The van der Waals surface area contributed by atoms with Crippen molar-refractivity contribution < 1.29 is 18.7 Å². The van der Waals surface area contributed by atoms with Crippen LogP contribution in [0.3, 0.4) is 0 Å². The highest BCUT2D eigenvalue weighted by Crippen LogP contribution is 2.35. The normalized spacial score (nSPS) is 18.9. The monoisotopic (exact) mass is 444 g/mol. The Morgan fingerprint density at radius 1 is 1.29 bits per heavy atom. The van der Waals surface area contributed by atoms with Gasteiger partial charge >= 0.3 is 0 Å². The van der Waals surface area contributed by atoms with Gasteiger partial charge in [-0.15, -0.1) is 11.3 Å². The van der Waals surface area contributed by atoms with E-state index in [2.05, 4.69) is 0 Å². The van der Waals surface area contributed by atoms with Crippen molar-refractivity contribution >= 4 is 23.2 Å². The third-order valence-corrected chi connectivity index (χ3v) is 7.28. The van der Waals surface area contributed by atoms with Gasteiger partial charge in [-0.2, -0.15) is 0 Å². The SMILES string of the molecule is CC[C@@H](C)N(CC(=O)N1CCc2sccc2[C@@H]1COc1ccccc1F)C(=O)C1CC1. The summed E-state index contributed by atoms with van der Waals surface area (Å²) in [6.45, 7) is 4.87. The Bertz CT molecular complexity index is 942. The summed E-state index contributed by atoms with van der Waals surface area (Å²) in [5.74, 6) is -0.141. The third-order valence-electron chi connectivity index (χ3n) is 6.29. The molecule has 0 bridgehead atoms. The highest BCUT2D eigenvalue weighted by molar-refractivity contribution is 7.10. The standard InChI is InChI=1S/C24H29FN2O3S/c1-3-16(2)27(24(29)17-8-9-17)14-23(28)26-12-10-22-18(11-13-31-22)20(26)15-30-21-7-5-4-6-19(21)25/h4-7,11,13,16-17,20H,3,8-10,12,14-15H2,1-2H3/t16-,20+/m1/s1. The van der Waals surface area contributed by atoms with Crippen molar-refractivity contribution in [2.24, 2.45) is 5.92 Å². The molecule has 2 aromatic rings. The van der Waals surface area contributed by atoms with Crippen molar-refractivity contribution in [2.75, 3.05) is 19.7 Å². The Balaban J connectivity index is 1.52. The molecule has 2 heterocycles. The molecule has 166 valence electrons. The van der Waals surface area contributed by atoms with Gasteiger partial charge < -0.3 is 14.5 Å². The molecule has 0 spiro atoms. The number of thiophene rings is 1. The lowest BCUT2D eigenvalue weighted by Crippen LogP contribution is -2.50. The Morgan fingerprint density at radius 3 is 2.77 bits per heavy atom. The molecular formula is C24H29FN2O3S. The van der Waals surface area contributed by atoms with Gasteiger partial charge in [-0.25, -0.2) is 4.39 Å². The smallest absolute Gasteiger partial charge is 0.242 e. The zero-order chi connectivity index (χ0) is 22.0. The van der Waals surface area contributed by atoms with Crippen molar-refractivity contribution in [1.29, 1.82) is 0 Å². The fourth-order valence-electron chi connectivity index (χ4n) is 4.08. The van der Waals surface area contributed by atoms with Gasteiger partial charge in [-0.05, 0) is 61.7 Å². The Labute approximate surface area is 186 Å². The van der Waals surface area contributed by atoms with E-state index in [1.54, 1.807) is 34.4 Å². The number of benzene rings is 1. The first kappa shape index (κ1) is 21.8. The van der Waals surface area contributed by atoms with Crippen LogP contribution in [0.1, 0.15) is 49.6 Å². The number of ether oxygens (including phenoxy) is 1. The van der Waals surface area contributed by atoms with Crippen molar-refractivity contribution in [3.05, 3.63) is 52.0 Å². The number of carbonyl (C=O) groups excluding carboxylic acids is 2. The van der Waals surface area contributed by atoms with E-state index in [1.165, 1.54) is 10.9 Å². The van der Waals surface area contributed by atoms with Crippen LogP contribution in [0, 0.1) is 11.7 Å². The van der Waals surface area contributed by atoms with Gasteiger partial charge in [0.15, 0.2) is 11.6 Å². The van der Waals surface area contributed by atoms with E-state index in [1.807, 2.05) is 30.2 Å². The van der Waals surface area contributed by atoms with Crippen LogP contribution in [-0.4, -0.2) is 47.4 Å². The highest BCUT2D eigenvalue weighted by atomic mass is 32.1. The minimum absolute atomic E-state index is 0.0201. The first-order chi connectivity index (χ1) is 15.0. The quantitative estimate of drug-likeness (QED) is 0.605. The van der Waals surface area contributed by atoms with Gasteiger partial charge in [0, 0.05) is 23.4 Å². The van der Waals surface area contributed by atoms with Crippen LogP contribution in [0.5, 0.6) is 5.75 Å². The first-order valence-electron chi connectivity index (χ1n) is 11.0. The van der Waals surface area contributed by atoms with E-state index in [0.717, 1.165) is 31.2 Å². The summed E-state index contributed by atoms with van der Waals surface area (Å²) in [5.41, 5.74) is 1.06. The van der Waals surface area contributed by atoms with Gasteiger partial charge in [-0.3, -0.25) is 9.59 Å². The molecule has 1 aliphatic carbocycles. The number of hydrogen-bond donors (Lipinski definition) is 0. The second-order valence-electron chi connectivity index (χ2n) is 8.39. The number of rotatable bonds is 8. The van der Waals surface area contributed by atoms with Crippen LogP contribution in [-0.2, 0) is 16.0 Å². The van der Waals surface area contributed by atoms with E-state index < -0.39 is 5.82 Å². The molecule has 2 aliphatic rings. The van der Waals surface area contributed by atoms with Gasteiger partial charge in [0.05, 0.1) is 6.04 Å². The Kier molecular flexibility index (Phi) is 6.60. The maximum atomic E-state index is 14.1. The lowest BCUT2D eigenvalue weighted by molar-refractivity contribution is -0.145. The zero-order valence-electron chi connectivity index (χ0n) is 18.1. The van der Waals surface area contributed by atoms with Crippen LogP contribution in [0.4, 0.5) is 4.39 Å². The maximum absolute atomic E-state index is 14.1. The second-order valence-corrected chi connectivity index (χ2v) is 9.39. The second kappa shape index (κ2) is 9.39. The molecule has 1 fully saturated rings. The van der Waals surface area contributed by atoms with Gasteiger partial charge in [0.1, 0.15) is 13.2 Å². The predicted octanol–water partition coefficient (Wildman–Crippen LogP) is 4.43. The Morgan fingerprint density at radius 2 is 2.06 bits per heavy atom. The lowest BCUT2D eigenvalue weighted by atomic mass is 10.00. The minimum atomic E-state index is -0.417. The lowest BCUT2D eigenvalue weighted by Gasteiger charge is -2.38. The number of halogens is 1. The third kappa shape index (κ3) is 4.76. The molecule has 0 N–H and O–H groups in total. The van der Waals surface area contributed by atoms with E-state index >= 15 is 0 Å². The summed E-state index contributed by atoms with van der Waals surface area (Å²) in [7, 11) is 0. The average Bonchev–Trinajstić information content (AvgIpc) is 3.52. The zero-order valence-corrected chi connectivity index (χ0v) is 18.9. The molecule has 4 rings (SSSR count). The number of nitrogens with zero attached hydrogens (tertiary/aromatic N) is 2. The Hall–Kier alpha value is -2.41. The first-order valence-corrected chi connectivity index (χ1v) is 11.9. The summed E-state index contributed by atoms with van der Waals surface area (Å²) in [5, 5.41) is 2.02. The largest absolute Gasteiger partial charge is 0.488 e. The number of carbonyl (C=O) groups is 2. The predicted molar refractivity (Wildman–Crippen MR) is 119 cm³/mol. The fourth-order valence-corrected chi connectivity index (χ4v) is 5.01. The van der Waals surface area contributed by atoms with Gasteiger partial charge in [0.25, 0.3) is 0 Å². The number of hydrogen-bond acceptors (Lipinski definition) is 4. The van der Waals surface area contributed by atoms with Crippen LogP contribution < -0.4 is 4.74 Å². The van der Waals surface area contributed by atoms with Crippen molar-refractivity contribution in [1.82, 2.24) is 9.80 Å². The van der Waals surface area contributed by atoms with Crippen molar-refractivity contribution in [2.45, 2.75) is 51.6 Å². The summed E-state index contributed by atoms with van der Waals surface area (Å²) in [4.78, 5) is 31.0. The van der Waals surface area contributed by atoms with Gasteiger partial charge in [-0.1, -0.05) is 19.1 Å². The molecule has 1 saturated carbocycles. The minimum Gasteiger partial charge on any atom is -0.488 e. The molecule has 2 amide bonds. The van der Waals surface area contributed by atoms with E-state index in [4.69, 9.17) is 4.74 Å². The topological polar surface area (TPSA) is 49.9 Å². The summed E-state index contributed by atoms with van der Waals surface area (Å²) >= 11 is 1.68. The van der Waals surface area contributed by atoms with E-state index in [-0.39, 0.29) is 48.7 Å². The highest BCUT2D eigenvalue weighted by Gasteiger charge is 2.38. The van der Waals surface area contributed by atoms with Crippen LogP contribution in [0.2, 0.25) is 0 Å². The van der Waals surface area contributed by atoms with Crippen LogP contribution in [0.15, 0.2) is 35.7 Å². The molecule has 1 aromatic carbocycles. The molecule has 1 aliphatic heterocycles. The van der Waals surface area contributed by atoms with E-state index in [9.17, 15) is 14.0 Å². The number of para-hydroxylation sites is 1. The molecule has 0 saturated heterocycles. The number of fused-ring (bicyclic) bond motifs is 1. The van der Waals surface area contributed by atoms with E-state index in [0.29, 0.717) is 6.54 Å². The molecule has 31 heavy (non-hydrogen) atoms. The molecule has 7 heteroatoms. The molecule has 1 aromatic heterocycles. The molecule has 5 nitrogen and oxygen atoms in total. The summed E-state index contributed by atoms with van der Waals surface area (Å²) < 4.78 is 19.9. The summed E-state index contributed by atoms with van der Waals surface area (Å²) in [6, 6.07) is 8.06. The van der Waals surface area contributed by atoms with Crippen LogP contribution in [0.25, 0.3) is 0 Å². The van der Waals surface area contributed by atoms with Crippen molar-refractivity contribution in [3.8, 4) is 5.75 Å². The molecule has 2 atom stereocenters. The molecular weight excluding hydrogens is 415 g/mol. The number of amides is 2. The summed E-state index contributed by atoms with van der Waals surface area (Å²) in [6.07, 6.45) is 3.43. The van der Waals surface area contributed by atoms with Crippen LogP contribution >= 0.6 is 11.3 Å². The van der Waals surface area contributed by atoms with Gasteiger partial charge in [0.2, 0.25) is 11.8 Å². The maximum Gasteiger partial charge on any atom is 0.242 e.